The average molecular weight is 279 g/mol. The molecule has 0 heterocycles. The van der Waals surface area contributed by atoms with Crippen LogP contribution in [-0.4, -0.2) is 0 Å². The van der Waals surface area contributed by atoms with Crippen molar-refractivity contribution in [3.63, 3.8) is 0 Å². The normalized spacial score (nSPS) is 22.8. The molecule has 0 bridgehead atoms. The minimum atomic E-state index is 0.994. The van der Waals surface area contributed by atoms with Gasteiger partial charge in [-0.3, -0.25) is 0 Å². The minimum absolute atomic E-state index is 0.994. The first-order chi connectivity index (χ1) is 5.83. The second kappa shape index (κ2) is 6.01. The Morgan fingerprint density at radius 2 is 2.25 bits per heavy atom. The van der Waals surface area contributed by atoms with Gasteiger partial charge in [-0.25, -0.2) is 0 Å². The molecule has 1 rings (SSSR count). The zero-order valence-corrected chi connectivity index (χ0v) is 10.1. The van der Waals surface area contributed by atoms with Crippen LogP contribution in [0.2, 0.25) is 0 Å². The Labute approximate surface area is 90.0 Å². The van der Waals surface area contributed by atoms with E-state index in [-0.39, 0.29) is 0 Å². The Morgan fingerprint density at radius 3 is 2.83 bits per heavy atom. The summed E-state index contributed by atoms with van der Waals surface area (Å²) in [4.78, 5) is 0. The van der Waals surface area contributed by atoms with E-state index in [0.29, 0.717) is 0 Å². The number of hydrogen-bond acceptors (Lipinski definition) is 0. The monoisotopic (exact) mass is 279 g/mol. The lowest BCUT2D eigenvalue weighted by molar-refractivity contribution is 0.479. The van der Waals surface area contributed by atoms with Crippen molar-refractivity contribution in [2.75, 3.05) is 0 Å². The first-order valence-electron chi connectivity index (χ1n) is 5.17. The molecule has 0 aromatic heterocycles. The van der Waals surface area contributed by atoms with Gasteiger partial charge in [0.2, 0.25) is 0 Å². The highest BCUT2D eigenvalue weighted by Crippen LogP contribution is 2.32. The third kappa shape index (κ3) is 3.92. The van der Waals surface area contributed by atoms with E-state index in [0.717, 1.165) is 5.92 Å². The summed E-state index contributed by atoms with van der Waals surface area (Å²) in [6.45, 7) is 2.28. The Bertz CT molecular complexity index is 149. The van der Waals surface area contributed by atoms with Gasteiger partial charge in [-0.05, 0) is 51.4 Å². The molecule has 0 spiro atoms. The Kier molecular flexibility index (Phi) is 5.28. The van der Waals surface area contributed by atoms with Crippen molar-refractivity contribution in [1.29, 1.82) is 0 Å². The lowest BCUT2D eigenvalue weighted by Gasteiger charge is -2.07. The Hall–Kier alpha value is 0.470. The van der Waals surface area contributed by atoms with Crippen molar-refractivity contribution < 1.29 is 0 Å². The summed E-state index contributed by atoms with van der Waals surface area (Å²) in [6.07, 6.45) is 12.3. The third-order valence-corrected chi connectivity index (χ3v) is 3.50. The summed E-state index contributed by atoms with van der Waals surface area (Å²) in [7, 11) is 0. The molecule has 1 aliphatic rings. The molecule has 0 saturated carbocycles. The number of rotatable bonds is 5. The smallest absolute Gasteiger partial charge is 0.0131 e. The van der Waals surface area contributed by atoms with E-state index in [1.165, 1.54) is 44.9 Å². The van der Waals surface area contributed by atoms with Crippen LogP contribution in [-0.2, 0) is 0 Å². The van der Waals surface area contributed by atoms with E-state index in [4.69, 9.17) is 0 Å². The Morgan fingerprint density at radius 1 is 1.42 bits per heavy atom. The van der Waals surface area contributed by atoms with Crippen LogP contribution in [0.3, 0.4) is 0 Å². The molecule has 70 valence electrons. The zero-order chi connectivity index (χ0) is 8.81. The summed E-state index contributed by atoms with van der Waals surface area (Å²) >= 11 is 2.48. The largest absolute Gasteiger partial charge is 0.0749 e. The molecular formula is C11H19I. The predicted molar refractivity (Wildman–Crippen MR) is 63.6 cm³/mol. The van der Waals surface area contributed by atoms with E-state index in [9.17, 15) is 0 Å². The molecule has 0 amide bonds. The van der Waals surface area contributed by atoms with Crippen LogP contribution >= 0.6 is 22.6 Å². The molecule has 0 nitrogen and oxygen atoms in total. The lowest BCUT2D eigenvalue weighted by atomic mass is 10.00. The van der Waals surface area contributed by atoms with Gasteiger partial charge in [0.1, 0.15) is 0 Å². The van der Waals surface area contributed by atoms with Gasteiger partial charge in [0.15, 0.2) is 0 Å². The number of allylic oxidation sites excluding steroid dienone is 2. The fourth-order valence-electron chi connectivity index (χ4n) is 1.82. The van der Waals surface area contributed by atoms with Gasteiger partial charge in [-0.1, -0.05) is 38.7 Å². The first-order valence-corrected chi connectivity index (χ1v) is 6.25. The van der Waals surface area contributed by atoms with Crippen molar-refractivity contribution in [2.24, 2.45) is 5.92 Å². The van der Waals surface area contributed by atoms with E-state index in [1.54, 1.807) is 3.58 Å². The van der Waals surface area contributed by atoms with Crippen LogP contribution in [0.25, 0.3) is 0 Å². The van der Waals surface area contributed by atoms with Crippen LogP contribution in [0.4, 0.5) is 0 Å². The van der Waals surface area contributed by atoms with Gasteiger partial charge in [0.05, 0.1) is 0 Å². The van der Waals surface area contributed by atoms with E-state index < -0.39 is 0 Å². The highest BCUT2D eigenvalue weighted by atomic mass is 127. The van der Waals surface area contributed by atoms with Gasteiger partial charge >= 0.3 is 0 Å². The van der Waals surface area contributed by atoms with Gasteiger partial charge in [0.25, 0.3) is 0 Å². The van der Waals surface area contributed by atoms with Crippen molar-refractivity contribution in [3.05, 3.63) is 9.66 Å². The zero-order valence-electron chi connectivity index (χ0n) is 7.98. The van der Waals surface area contributed by atoms with E-state index >= 15 is 0 Å². The molecule has 1 atom stereocenters. The molecule has 0 N–H and O–H groups in total. The van der Waals surface area contributed by atoms with Crippen LogP contribution in [0.5, 0.6) is 0 Å². The fraction of sp³-hybridized carbons (Fsp3) is 0.818. The molecule has 0 fully saturated rings. The van der Waals surface area contributed by atoms with Crippen LogP contribution in [0.1, 0.15) is 51.9 Å². The van der Waals surface area contributed by atoms with Gasteiger partial charge in [-0.2, -0.15) is 0 Å². The van der Waals surface area contributed by atoms with Crippen LogP contribution < -0.4 is 0 Å². The topological polar surface area (TPSA) is 0 Å². The van der Waals surface area contributed by atoms with E-state index in [1.807, 2.05) is 0 Å². The second-order valence-electron chi connectivity index (χ2n) is 3.81. The Balaban J connectivity index is 1.95. The number of hydrogen-bond donors (Lipinski definition) is 0. The summed E-state index contributed by atoms with van der Waals surface area (Å²) in [5, 5.41) is 0. The minimum Gasteiger partial charge on any atom is -0.0749 e. The average Bonchev–Trinajstić information content (AvgIpc) is 2.45. The molecule has 1 aliphatic carbocycles. The fourth-order valence-corrected chi connectivity index (χ4v) is 2.69. The number of unbranched alkanes of at least 4 members (excludes halogenated alkanes) is 3. The summed E-state index contributed by atoms with van der Waals surface area (Å²) in [5.41, 5.74) is 0. The lowest BCUT2D eigenvalue weighted by Crippen LogP contribution is -1.93. The molecule has 0 radical (unpaired) electrons. The summed E-state index contributed by atoms with van der Waals surface area (Å²) < 4.78 is 1.59. The first kappa shape index (κ1) is 10.6. The maximum Gasteiger partial charge on any atom is -0.0131 e. The van der Waals surface area contributed by atoms with Gasteiger partial charge in [0, 0.05) is 0 Å². The van der Waals surface area contributed by atoms with Crippen LogP contribution in [0.15, 0.2) is 9.66 Å². The van der Waals surface area contributed by atoms with Crippen molar-refractivity contribution >= 4 is 22.6 Å². The third-order valence-electron chi connectivity index (χ3n) is 2.62. The molecule has 1 unspecified atom stereocenters. The molecular weight excluding hydrogens is 260 g/mol. The maximum absolute atomic E-state index is 2.48. The molecule has 0 saturated heterocycles. The molecule has 12 heavy (non-hydrogen) atoms. The molecule has 0 aromatic carbocycles. The maximum atomic E-state index is 2.48. The van der Waals surface area contributed by atoms with Crippen molar-refractivity contribution in [1.82, 2.24) is 0 Å². The van der Waals surface area contributed by atoms with Crippen LogP contribution in [0, 0.1) is 5.92 Å². The summed E-state index contributed by atoms with van der Waals surface area (Å²) in [6, 6.07) is 0. The highest BCUT2D eigenvalue weighted by molar-refractivity contribution is 14.1. The van der Waals surface area contributed by atoms with E-state index in [2.05, 4.69) is 35.6 Å². The molecule has 0 aliphatic heterocycles. The SMILES string of the molecule is CCCCCCC1C[13CH]=C(I)C1. The standard InChI is InChI=1S/C11H19I/c1-2-3-4-5-6-10-7-8-11(12)9-10/h8,10H,2-7,9H2,1H3/i8+1. The predicted octanol–water partition coefficient (Wildman–Crippen LogP) is 4.69. The van der Waals surface area contributed by atoms with Gasteiger partial charge in [-0.15, -0.1) is 0 Å². The highest BCUT2D eigenvalue weighted by Gasteiger charge is 2.14. The second-order valence-corrected chi connectivity index (χ2v) is 5.19. The van der Waals surface area contributed by atoms with Crippen molar-refractivity contribution in [3.8, 4) is 0 Å². The van der Waals surface area contributed by atoms with Gasteiger partial charge < -0.3 is 0 Å². The van der Waals surface area contributed by atoms with Crippen molar-refractivity contribution in [2.45, 2.75) is 51.9 Å². The quantitative estimate of drug-likeness (QED) is 0.389. The summed E-state index contributed by atoms with van der Waals surface area (Å²) in [5.74, 6) is 0.994. The number of halogens is 1. The molecule has 0 aromatic rings. The molecule has 1 heteroatoms.